The van der Waals surface area contributed by atoms with Gasteiger partial charge in [0.15, 0.2) is 5.65 Å². The summed E-state index contributed by atoms with van der Waals surface area (Å²) in [6.07, 6.45) is 3.97. The third kappa shape index (κ3) is 2.39. The summed E-state index contributed by atoms with van der Waals surface area (Å²) in [4.78, 5) is 12.0. The van der Waals surface area contributed by atoms with E-state index in [-0.39, 0.29) is 6.10 Å². The molecule has 0 aromatic carbocycles. The lowest BCUT2D eigenvalue weighted by Gasteiger charge is -2.06. The van der Waals surface area contributed by atoms with Crippen molar-refractivity contribution in [1.82, 2.24) is 15.0 Å². The van der Waals surface area contributed by atoms with Crippen molar-refractivity contribution in [3.63, 3.8) is 0 Å². The molecule has 0 amide bonds. The van der Waals surface area contributed by atoms with Crippen LogP contribution in [0.4, 0.5) is 0 Å². The van der Waals surface area contributed by atoms with Crippen LogP contribution in [0, 0.1) is 6.92 Å². The molecule has 2 aromatic rings. The van der Waals surface area contributed by atoms with Crippen molar-refractivity contribution < 1.29 is 4.74 Å². The second-order valence-electron chi connectivity index (χ2n) is 4.15. The highest BCUT2D eigenvalue weighted by Crippen LogP contribution is 2.12. The Morgan fingerprint density at radius 2 is 2.31 bits per heavy atom. The third-order valence-electron chi connectivity index (χ3n) is 2.71. The molecule has 2 aromatic heterocycles. The Morgan fingerprint density at radius 1 is 1.50 bits per heavy atom. The highest BCUT2D eigenvalue weighted by molar-refractivity contribution is 5.70. The van der Waals surface area contributed by atoms with Crippen LogP contribution in [0.2, 0.25) is 0 Å². The lowest BCUT2D eigenvalue weighted by molar-refractivity contribution is 0.111. The van der Waals surface area contributed by atoms with E-state index in [2.05, 4.69) is 27.9 Å². The van der Waals surface area contributed by atoms with Crippen LogP contribution in [0.5, 0.6) is 0 Å². The number of hydrogen-bond acceptors (Lipinski definition) is 3. The topological polar surface area (TPSA) is 50.8 Å². The van der Waals surface area contributed by atoms with E-state index >= 15 is 0 Å². The smallest absolute Gasteiger partial charge is 0.177 e. The summed E-state index contributed by atoms with van der Waals surface area (Å²) >= 11 is 0. The Bertz CT molecular complexity index is 478. The summed E-state index contributed by atoms with van der Waals surface area (Å²) in [5, 5.41) is 0. The molecule has 2 rings (SSSR count). The second kappa shape index (κ2) is 4.61. The SMILES string of the molecule is COC(C)CCc1nc2ncc(C)cc2[nH]1. The van der Waals surface area contributed by atoms with Gasteiger partial charge in [-0.05, 0) is 31.9 Å². The molecule has 1 N–H and O–H groups in total. The van der Waals surface area contributed by atoms with Crippen LogP contribution in [0.15, 0.2) is 12.3 Å². The molecule has 4 nitrogen and oxygen atoms in total. The predicted octanol–water partition coefficient (Wildman–Crippen LogP) is 2.23. The van der Waals surface area contributed by atoms with E-state index in [0.717, 1.165) is 35.4 Å². The molecule has 0 fully saturated rings. The largest absolute Gasteiger partial charge is 0.382 e. The maximum atomic E-state index is 5.21. The number of rotatable bonds is 4. The number of fused-ring (bicyclic) bond motifs is 1. The Balaban J connectivity index is 2.13. The van der Waals surface area contributed by atoms with Crippen LogP contribution in [0.1, 0.15) is 24.7 Å². The zero-order valence-corrected chi connectivity index (χ0v) is 9.95. The van der Waals surface area contributed by atoms with Crippen molar-refractivity contribution in [2.75, 3.05) is 7.11 Å². The second-order valence-corrected chi connectivity index (χ2v) is 4.15. The molecular weight excluding hydrogens is 202 g/mol. The fourth-order valence-electron chi connectivity index (χ4n) is 1.63. The van der Waals surface area contributed by atoms with Gasteiger partial charge < -0.3 is 9.72 Å². The molecule has 1 atom stereocenters. The van der Waals surface area contributed by atoms with E-state index in [1.807, 2.05) is 13.1 Å². The maximum Gasteiger partial charge on any atom is 0.177 e. The number of aromatic nitrogens is 3. The maximum absolute atomic E-state index is 5.21. The summed E-state index contributed by atoms with van der Waals surface area (Å²) in [5.41, 5.74) is 2.96. The van der Waals surface area contributed by atoms with Gasteiger partial charge in [-0.1, -0.05) is 0 Å². The first-order valence-corrected chi connectivity index (χ1v) is 5.53. The number of methoxy groups -OCH3 is 1. The van der Waals surface area contributed by atoms with Gasteiger partial charge in [0.2, 0.25) is 0 Å². The number of hydrogen-bond donors (Lipinski definition) is 1. The van der Waals surface area contributed by atoms with Gasteiger partial charge >= 0.3 is 0 Å². The highest BCUT2D eigenvalue weighted by atomic mass is 16.5. The molecule has 0 spiro atoms. The number of ether oxygens (including phenoxy) is 1. The minimum absolute atomic E-state index is 0.267. The van der Waals surface area contributed by atoms with Gasteiger partial charge in [0, 0.05) is 19.7 Å². The lowest BCUT2D eigenvalue weighted by atomic mass is 10.2. The average molecular weight is 219 g/mol. The first-order chi connectivity index (χ1) is 7.69. The van der Waals surface area contributed by atoms with Gasteiger partial charge in [-0.15, -0.1) is 0 Å². The van der Waals surface area contributed by atoms with Gasteiger partial charge in [0.05, 0.1) is 11.6 Å². The van der Waals surface area contributed by atoms with E-state index in [9.17, 15) is 0 Å². The molecule has 0 saturated carbocycles. The number of nitrogens with zero attached hydrogens (tertiary/aromatic N) is 2. The molecule has 0 aliphatic heterocycles. The van der Waals surface area contributed by atoms with Crippen LogP contribution >= 0.6 is 0 Å². The normalized spacial score (nSPS) is 13.2. The predicted molar refractivity (Wildman–Crippen MR) is 63.4 cm³/mol. The molecule has 0 aliphatic carbocycles. The Morgan fingerprint density at radius 3 is 3.06 bits per heavy atom. The van der Waals surface area contributed by atoms with Crippen LogP contribution in [-0.2, 0) is 11.2 Å². The molecule has 86 valence electrons. The minimum Gasteiger partial charge on any atom is -0.382 e. The fraction of sp³-hybridized carbons (Fsp3) is 0.500. The standard InChI is InChI=1S/C12H17N3O/c1-8-6-10-12(13-7-8)15-11(14-10)5-4-9(2)16-3/h6-7,9H,4-5H2,1-3H3,(H,13,14,15). The summed E-state index contributed by atoms with van der Waals surface area (Å²) in [7, 11) is 1.73. The molecule has 0 radical (unpaired) electrons. The molecule has 4 heteroatoms. The fourth-order valence-corrected chi connectivity index (χ4v) is 1.63. The zero-order chi connectivity index (χ0) is 11.5. The monoisotopic (exact) mass is 219 g/mol. The molecule has 16 heavy (non-hydrogen) atoms. The number of aromatic amines is 1. The summed E-state index contributed by atoms with van der Waals surface area (Å²) in [5.74, 6) is 0.983. The average Bonchev–Trinajstić information content (AvgIpc) is 2.67. The molecule has 0 bridgehead atoms. The van der Waals surface area contributed by atoms with Crippen LogP contribution in [-0.4, -0.2) is 28.2 Å². The van der Waals surface area contributed by atoms with Crippen LogP contribution < -0.4 is 0 Å². The minimum atomic E-state index is 0.267. The molecule has 0 aliphatic rings. The Hall–Kier alpha value is -1.42. The van der Waals surface area contributed by atoms with Crippen molar-refractivity contribution in [2.45, 2.75) is 32.8 Å². The molecule has 0 saturated heterocycles. The van der Waals surface area contributed by atoms with Crippen molar-refractivity contribution in [3.05, 3.63) is 23.7 Å². The highest BCUT2D eigenvalue weighted by Gasteiger charge is 2.06. The molecule has 1 unspecified atom stereocenters. The summed E-state index contributed by atoms with van der Waals surface area (Å²) in [6, 6.07) is 2.07. The summed E-state index contributed by atoms with van der Waals surface area (Å²) in [6.45, 7) is 4.09. The first-order valence-electron chi connectivity index (χ1n) is 5.53. The lowest BCUT2D eigenvalue weighted by Crippen LogP contribution is -2.06. The van der Waals surface area contributed by atoms with E-state index in [0.29, 0.717) is 0 Å². The number of H-pyrrole nitrogens is 1. The first kappa shape index (κ1) is 11.1. The van der Waals surface area contributed by atoms with Gasteiger partial charge in [-0.25, -0.2) is 9.97 Å². The van der Waals surface area contributed by atoms with Crippen molar-refractivity contribution in [2.24, 2.45) is 0 Å². The van der Waals surface area contributed by atoms with Crippen LogP contribution in [0.3, 0.4) is 0 Å². The number of aryl methyl sites for hydroxylation is 2. The summed E-state index contributed by atoms with van der Waals surface area (Å²) < 4.78 is 5.21. The molecule has 2 heterocycles. The van der Waals surface area contributed by atoms with Gasteiger partial charge in [-0.2, -0.15) is 0 Å². The number of pyridine rings is 1. The van der Waals surface area contributed by atoms with Crippen LogP contribution in [0.25, 0.3) is 11.2 Å². The molecular formula is C12H17N3O. The van der Waals surface area contributed by atoms with Crippen molar-refractivity contribution >= 4 is 11.2 Å². The van der Waals surface area contributed by atoms with Crippen molar-refractivity contribution in [3.8, 4) is 0 Å². The van der Waals surface area contributed by atoms with E-state index in [1.165, 1.54) is 0 Å². The zero-order valence-electron chi connectivity index (χ0n) is 9.95. The Kier molecular flexibility index (Phi) is 3.19. The van der Waals surface area contributed by atoms with Gasteiger partial charge in [-0.3, -0.25) is 0 Å². The Labute approximate surface area is 95.1 Å². The van der Waals surface area contributed by atoms with E-state index < -0.39 is 0 Å². The van der Waals surface area contributed by atoms with E-state index in [1.54, 1.807) is 7.11 Å². The van der Waals surface area contributed by atoms with Gasteiger partial charge in [0.25, 0.3) is 0 Å². The number of nitrogens with one attached hydrogen (secondary N) is 1. The third-order valence-corrected chi connectivity index (χ3v) is 2.71. The van der Waals surface area contributed by atoms with Gasteiger partial charge in [0.1, 0.15) is 5.82 Å². The van der Waals surface area contributed by atoms with Crippen molar-refractivity contribution in [1.29, 1.82) is 0 Å². The number of imidazole rings is 1. The van der Waals surface area contributed by atoms with E-state index in [4.69, 9.17) is 4.74 Å². The quantitative estimate of drug-likeness (QED) is 0.858.